The Morgan fingerprint density at radius 1 is 1.00 bits per heavy atom. The van der Waals surface area contributed by atoms with E-state index >= 15 is 0 Å². The number of nitrogens with zero attached hydrogens (tertiary/aromatic N) is 1. The van der Waals surface area contributed by atoms with E-state index in [0.717, 1.165) is 11.1 Å². The van der Waals surface area contributed by atoms with Gasteiger partial charge in [-0.1, -0.05) is 60.7 Å². The van der Waals surface area contributed by atoms with Crippen LogP contribution in [0.15, 0.2) is 60.7 Å². The molecule has 4 nitrogen and oxygen atoms in total. The summed E-state index contributed by atoms with van der Waals surface area (Å²) in [6, 6.07) is 19.4. The molecule has 0 aromatic heterocycles. The van der Waals surface area contributed by atoms with E-state index in [9.17, 15) is 9.59 Å². The fraction of sp³-hybridized carbons (Fsp3) is 0.263. The Morgan fingerprint density at radius 2 is 1.61 bits per heavy atom. The van der Waals surface area contributed by atoms with Crippen molar-refractivity contribution in [1.29, 1.82) is 0 Å². The second kappa shape index (κ2) is 7.09. The lowest BCUT2D eigenvalue weighted by molar-refractivity contribution is -0.149. The number of carbonyl (C=O) groups excluding carboxylic acids is 2. The molecule has 1 atom stereocenters. The van der Waals surface area contributed by atoms with E-state index in [0.29, 0.717) is 13.1 Å². The summed E-state index contributed by atoms with van der Waals surface area (Å²) >= 11 is 0. The first-order valence-corrected chi connectivity index (χ1v) is 7.74. The van der Waals surface area contributed by atoms with Gasteiger partial charge < -0.3 is 9.64 Å². The van der Waals surface area contributed by atoms with Gasteiger partial charge in [-0.2, -0.15) is 0 Å². The second-order valence-corrected chi connectivity index (χ2v) is 5.75. The Balaban J connectivity index is 1.53. The topological polar surface area (TPSA) is 46.6 Å². The first-order chi connectivity index (χ1) is 11.2. The largest absolute Gasteiger partial charge is 0.461 e. The molecule has 3 rings (SSSR count). The third-order valence-corrected chi connectivity index (χ3v) is 3.99. The predicted octanol–water partition coefficient (Wildman–Crippen LogP) is 2.78. The van der Waals surface area contributed by atoms with E-state index in [1.165, 1.54) is 0 Å². The van der Waals surface area contributed by atoms with E-state index in [1.54, 1.807) is 4.90 Å². The molecule has 1 aliphatic rings. The quantitative estimate of drug-likeness (QED) is 0.798. The molecule has 1 saturated heterocycles. The third-order valence-electron chi connectivity index (χ3n) is 3.99. The number of ether oxygens (including phenoxy) is 1. The van der Waals surface area contributed by atoms with E-state index in [-0.39, 0.29) is 30.8 Å². The molecule has 1 fully saturated rings. The van der Waals surface area contributed by atoms with Gasteiger partial charge in [-0.05, 0) is 11.1 Å². The standard InChI is InChI=1S/C19H19NO3/c21-18-11-17(13-20(18)12-15-7-3-1-4-8-15)19(22)23-14-16-9-5-2-6-10-16/h1-10,17H,11-14H2. The molecule has 0 radical (unpaired) electrons. The van der Waals surface area contributed by atoms with Crippen LogP contribution in [0.1, 0.15) is 17.5 Å². The highest BCUT2D eigenvalue weighted by Crippen LogP contribution is 2.21. The summed E-state index contributed by atoms with van der Waals surface area (Å²) in [4.78, 5) is 26.0. The summed E-state index contributed by atoms with van der Waals surface area (Å²) in [6.07, 6.45) is 0.237. The van der Waals surface area contributed by atoms with Crippen molar-refractivity contribution in [2.45, 2.75) is 19.6 Å². The third kappa shape index (κ3) is 3.97. The lowest BCUT2D eigenvalue weighted by atomic mass is 10.1. The summed E-state index contributed by atoms with van der Waals surface area (Å²) in [5.41, 5.74) is 2.02. The molecule has 0 spiro atoms. The fourth-order valence-corrected chi connectivity index (χ4v) is 2.73. The van der Waals surface area contributed by atoms with Crippen LogP contribution in [0.2, 0.25) is 0 Å². The normalized spacial score (nSPS) is 17.3. The number of amides is 1. The van der Waals surface area contributed by atoms with Crippen LogP contribution < -0.4 is 0 Å². The van der Waals surface area contributed by atoms with Crippen LogP contribution in [0.5, 0.6) is 0 Å². The van der Waals surface area contributed by atoms with Gasteiger partial charge in [0.25, 0.3) is 0 Å². The number of esters is 1. The second-order valence-electron chi connectivity index (χ2n) is 5.75. The number of rotatable bonds is 5. The molecule has 23 heavy (non-hydrogen) atoms. The van der Waals surface area contributed by atoms with Crippen molar-refractivity contribution in [3.8, 4) is 0 Å². The highest BCUT2D eigenvalue weighted by molar-refractivity contribution is 5.86. The van der Waals surface area contributed by atoms with Gasteiger partial charge in [0.15, 0.2) is 0 Å². The lowest BCUT2D eigenvalue weighted by Crippen LogP contribution is -2.26. The maximum absolute atomic E-state index is 12.2. The number of hydrogen-bond acceptors (Lipinski definition) is 3. The van der Waals surface area contributed by atoms with Crippen LogP contribution in [0, 0.1) is 5.92 Å². The zero-order chi connectivity index (χ0) is 16.1. The molecule has 0 bridgehead atoms. The lowest BCUT2D eigenvalue weighted by Gasteiger charge is -2.16. The monoisotopic (exact) mass is 309 g/mol. The number of carbonyl (C=O) groups is 2. The molecule has 0 N–H and O–H groups in total. The molecule has 2 aromatic carbocycles. The number of benzene rings is 2. The minimum atomic E-state index is -0.366. The molecule has 1 unspecified atom stereocenters. The molecule has 118 valence electrons. The molecule has 4 heteroatoms. The molecule has 2 aromatic rings. The van der Waals surface area contributed by atoms with Crippen LogP contribution in [-0.4, -0.2) is 23.3 Å². The molecule has 0 aliphatic carbocycles. The van der Waals surface area contributed by atoms with Crippen LogP contribution in [-0.2, 0) is 27.5 Å². The van der Waals surface area contributed by atoms with Gasteiger partial charge in [0.2, 0.25) is 5.91 Å². The minimum absolute atomic E-state index is 0.00974. The van der Waals surface area contributed by atoms with E-state index < -0.39 is 0 Å². The van der Waals surface area contributed by atoms with Crippen molar-refractivity contribution < 1.29 is 14.3 Å². The minimum Gasteiger partial charge on any atom is -0.461 e. The molecular weight excluding hydrogens is 290 g/mol. The molecular formula is C19H19NO3. The predicted molar refractivity (Wildman–Crippen MR) is 86.2 cm³/mol. The summed E-state index contributed by atoms with van der Waals surface area (Å²) in [5, 5.41) is 0. The first kappa shape index (κ1) is 15.3. The highest BCUT2D eigenvalue weighted by Gasteiger charge is 2.35. The average molecular weight is 309 g/mol. The van der Waals surface area contributed by atoms with Gasteiger partial charge in [0.05, 0.1) is 5.92 Å². The van der Waals surface area contributed by atoms with Crippen molar-refractivity contribution >= 4 is 11.9 Å². The summed E-state index contributed by atoms with van der Waals surface area (Å²) in [6.45, 7) is 1.23. The summed E-state index contributed by atoms with van der Waals surface area (Å²) < 4.78 is 5.34. The van der Waals surface area contributed by atoms with Crippen molar-refractivity contribution in [3.05, 3.63) is 71.8 Å². The van der Waals surface area contributed by atoms with E-state index in [2.05, 4.69) is 0 Å². The van der Waals surface area contributed by atoms with Gasteiger partial charge >= 0.3 is 5.97 Å². The first-order valence-electron chi connectivity index (χ1n) is 7.74. The van der Waals surface area contributed by atoms with Crippen molar-refractivity contribution in [2.75, 3.05) is 6.54 Å². The molecule has 0 saturated carbocycles. The average Bonchev–Trinajstić information content (AvgIpc) is 2.95. The van der Waals surface area contributed by atoms with Crippen molar-refractivity contribution in [3.63, 3.8) is 0 Å². The zero-order valence-electron chi connectivity index (χ0n) is 12.9. The van der Waals surface area contributed by atoms with Gasteiger partial charge in [-0.25, -0.2) is 0 Å². The van der Waals surface area contributed by atoms with Crippen LogP contribution in [0.25, 0.3) is 0 Å². The number of hydrogen-bond donors (Lipinski definition) is 0. The molecule has 1 aliphatic heterocycles. The Hall–Kier alpha value is -2.62. The van der Waals surface area contributed by atoms with Crippen molar-refractivity contribution in [2.24, 2.45) is 5.92 Å². The van der Waals surface area contributed by atoms with Gasteiger partial charge in [-0.15, -0.1) is 0 Å². The Morgan fingerprint density at radius 3 is 2.26 bits per heavy atom. The zero-order valence-corrected chi connectivity index (χ0v) is 12.9. The highest BCUT2D eigenvalue weighted by atomic mass is 16.5. The Bertz CT molecular complexity index is 670. The van der Waals surface area contributed by atoms with Gasteiger partial charge in [0, 0.05) is 19.5 Å². The Labute approximate surface area is 135 Å². The van der Waals surface area contributed by atoms with Gasteiger partial charge in [-0.3, -0.25) is 9.59 Å². The number of likely N-dealkylation sites (tertiary alicyclic amines) is 1. The van der Waals surface area contributed by atoms with Crippen LogP contribution >= 0.6 is 0 Å². The summed E-state index contributed by atoms with van der Waals surface area (Å²) in [5.74, 6) is -0.650. The smallest absolute Gasteiger partial charge is 0.311 e. The molecule has 1 amide bonds. The van der Waals surface area contributed by atoms with Crippen molar-refractivity contribution in [1.82, 2.24) is 4.90 Å². The van der Waals surface area contributed by atoms with Crippen LogP contribution in [0.4, 0.5) is 0 Å². The van der Waals surface area contributed by atoms with Gasteiger partial charge in [0.1, 0.15) is 6.61 Å². The molecule has 1 heterocycles. The summed E-state index contributed by atoms with van der Waals surface area (Å²) in [7, 11) is 0. The van der Waals surface area contributed by atoms with Crippen LogP contribution in [0.3, 0.4) is 0 Å². The SMILES string of the molecule is O=C(OCc1ccccc1)C1CC(=O)N(Cc2ccccc2)C1. The van der Waals surface area contributed by atoms with E-state index in [1.807, 2.05) is 60.7 Å². The maximum Gasteiger partial charge on any atom is 0.311 e. The Kier molecular flexibility index (Phi) is 4.71. The maximum atomic E-state index is 12.2. The fourth-order valence-electron chi connectivity index (χ4n) is 2.73. The van der Waals surface area contributed by atoms with E-state index in [4.69, 9.17) is 4.74 Å².